The highest BCUT2D eigenvalue weighted by atomic mass is 16.3. The van der Waals surface area contributed by atoms with Gasteiger partial charge >= 0.3 is 0 Å². The van der Waals surface area contributed by atoms with Gasteiger partial charge in [-0.2, -0.15) is 0 Å². The van der Waals surface area contributed by atoms with E-state index in [0.29, 0.717) is 12.3 Å². The maximum atomic E-state index is 10.7. The van der Waals surface area contributed by atoms with Gasteiger partial charge in [0.2, 0.25) is 0 Å². The number of fused-ring (bicyclic) bond motifs is 1. The minimum atomic E-state index is -0.0275. The summed E-state index contributed by atoms with van der Waals surface area (Å²) in [7, 11) is 0. The van der Waals surface area contributed by atoms with Gasteiger partial charge in [0.15, 0.2) is 0 Å². The summed E-state index contributed by atoms with van der Waals surface area (Å²) >= 11 is 0. The molecule has 3 nitrogen and oxygen atoms in total. The number of phenolic OH excluding ortho intramolecular Hbond substituents is 1. The van der Waals surface area contributed by atoms with Gasteiger partial charge in [0.1, 0.15) is 5.75 Å². The van der Waals surface area contributed by atoms with Crippen molar-refractivity contribution in [3.8, 4) is 5.75 Å². The van der Waals surface area contributed by atoms with E-state index in [-0.39, 0.29) is 5.41 Å². The van der Waals surface area contributed by atoms with Crippen molar-refractivity contribution in [3.63, 3.8) is 0 Å². The fourth-order valence-corrected chi connectivity index (χ4v) is 3.61. The third-order valence-electron chi connectivity index (χ3n) is 4.79. The number of hydrogen-bond acceptors (Lipinski definition) is 2. The van der Waals surface area contributed by atoms with E-state index in [4.69, 9.17) is 5.73 Å². The Hall–Kier alpha value is -1.48. The zero-order valence-corrected chi connectivity index (χ0v) is 11.5. The van der Waals surface area contributed by atoms with Gasteiger partial charge in [-0.1, -0.05) is 25.3 Å². The number of rotatable bonds is 2. The molecule has 4 N–H and O–H groups in total. The molecule has 1 aliphatic rings. The van der Waals surface area contributed by atoms with Crippen LogP contribution in [0.5, 0.6) is 5.75 Å². The Morgan fingerprint density at radius 3 is 2.68 bits per heavy atom. The van der Waals surface area contributed by atoms with Crippen LogP contribution in [0, 0.1) is 6.92 Å². The number of aromatic nitrogens is 1. The first kappa shape index (κ1) is 12.5. The van der Waals surface area contributed by atoms with Crippen molar-refractivity contribution in [1.29, 1.82) is 0 Å². The van der Waals surface area contributed by atoms with Gasteiger partial charge in [0, 0.05) is 34.6 Å². The molecule has 0 spiro atoms. The first-order chi connectivity index (χ1) is 9.18. The number of aromatic amines is 1. The average Bonchev–Trinajstić information content (AvgIpc) is 2.82. The maximum Gasteiger partial charge on any atom is 0.129 e. The quantitative estimate of drug-likeness (QED) is 0.773. The molecule has 1 heterocycles. The first-order valence-electron chi connectivity index (χ1n) is 7.18. The second kappa shape index (κ2) is 4.57. The van der Waals surface area contributed by atoms with Gasteiger partial charge in [-0.15, -0.1) is 0 Å². The Kier molecular flexibility index (Phi) is 3.02. The first-order valence-corrected chi connectivity index (χ1v) is 7.18. The van der Waals surface area contributed by atoms with Crippen LogP contribution in [0.4, 0.5) is 0 Å². The van der Waals surface area contributed by atoms with Crippen LogP contribution in [0.25, 0.3) is 10.9 Å². The van der Waals surface area contributed by atoms with Crippen LogP contribution in [0.15, 0.2) is 18.3 Å². The Balaban J connectivity index is 2.18. The number of aromatic hydroxyl groups is 1. The fraction of sp³-hybridized carbons (Fsp3) is 0.500. The highest BCUT2D eigenvalue weighted by Gasteiger charge is 2.35. The number of hydrogen-bond donors (Lipinski definition) is 3. The Morgan fingerprint density at radius 2 is 2.00 bits per heavy atom. The Bertz CT molecular complexity index is 594. The monoisotopic (exact) mass is 258 g/mol. The van der Waals surface area contributed by atoms with Crippen LogP contribution >= 0.6 is 0 Å². The van der Waals surface area contributed by atoms with Crippen LogP contribution in [-0.4, -0.2) is 16.6 Å². The molecule has 19 heavy (non-hydrogen) atoms. The number of phenols is 1. The van der Waals surface area contributed by atoms with E-state index in [1.165, 1.54) is 19.3 Å². The lowest BCUT2D eigenvalue weighted by Gasteiger charge is -2.37. The molecule has 1 aromatic carbocycles. The molecule has 0 amide bonds. The molecule has 1 fully saturated rings. The highest BCUT2D eigenvalue weighted by Crippen LogP contribution is 2.45. The number of benzene rings is 1. The molecule has 3 rings (SSSR count). The topological polar surface area (TPSA) is 62.0 Å². The van der Waals surface area contributed by atoms with Gasteiger partial charge in [0.25, 0.3) is 0 Å². The summed E-state index contributed by atoms with van der Waals surface area (Å²) in [4.78, 5) is 3.20. The maximum absolute atomic E-state index is 10.7. The molecule has 1 saturated carbocycles. The second-order valence-electron chi connectivity index (χ2n) is 5.90. The van der Waals surface area contributed by atoms with Crippen molar-refractivity contribution < 1.29 is 5.11 Å². The van der Waals surface area contributed by atoms with E-state index in [0.717, 1.165) is 34.9 Å². The van der Waals surface area contributed by atoms with Crippen molar-refractivity contribution in [1.82, 2.24) is 4.98 Å². The normalized spacial score (nSPS) is 18.8. The van der Waals surface area contributed by atoms with E-state index >= 15 is 0 Å². The molecule has 0 unspecified atom stereocenters. The van der Waals surface area contributed by atoms with Gasteiger partial charge in [0.05, 0.1) is 0 Å². The van der Waals surface area contributed by atoms with Crippen molar-refractivity contribution in [2.45, 2.75) is 44.4 Å². The summed E-state index contributed by atoms with van der Waals surface area (Å²) in [5.74, 6) is 0.434. The molecule has 1 aromatic heterocycles. The van der Waals surface area contributed by atoms with Gasteiger partial charge in [-0.05, 0) is 31.4 Å². The van der Waals surface area contributed by atoms with Crippen molar-refractivity contribution in [3.05, 3.63) is 29.5 Å². The average molecular weight is 258 g/mol. The molecule has 1 aliphatic carbocycles. The second-order valence-corrected chi connectivity index (χ2v) is 5.90. The van der Waals surface area contributed by atoms with E-state index in [2.05, 4.69) is 17.1 Å². The SMILES string of the molecule is Cc1c[nH]c2ccc(C3(CN)CCCCC3)c(O)c12. The largest absolute Gasteiger partial charge is 0.507 e. The number of H-pyrrole nitrogens is 1. The highest BCUT2D eigenvalue weighted by molar-refractivity contribution is 5.90. The summed E-state index contributed by atoms with van der Waals surface area (Å²) in [6.45, 7) is 2.65. The summed E-state index contributed by atoms with van der Waals surface area (Å²) < 4.78 is 0. The van der Waals surface area contributed by atoms with Crippen LogP contribution in [0.3, 0.4) is 0 Å². The summed E-state index contributed by atoms with van der Waals surface area (Å²) in [5, 5.41) is 11.6. The van der Waals surface area contributed by atoms with Crippen LogP contribution in [-0.2, 0) is 5.41 Å². The van der Waals surface area contributed by atoms with Gasteiger partial charge in [-0.3, -0.25) is 0 Å². The van der Waals surface area contributed by atoms with Crippen LogP contribution in [0.1, 0.15) is 43.2 Å². The van der Waals surface area contributed by atoms with E-state index in [1.54, 1.807) is 0 Å². The standard InChI is InChI=1S/C16H22N2O/c1-11-9-18-13-6-5-12(15(19)14(11)13)16(10-17)7-3-2-4-8-16/h5-6,9,18-19H,2-4,7-8,10,17H2,1H3. The minimum absolute atomic E-state index is 0.0275. The van der Waals surface area contributed by atoms with E-state index in [9.17, 15) is 5.11 Å². The third kappa shape index (κ3) is 1.84. The van der Waals surface area contributed by atoms with Crippen LogP contribution < -0.4 is 5.73 Å². The minimum Gasteiger partial charge on any atom is -0.507 e. The van der Waals surface area contributed by atoms with E-state index in [1.807, 2.05) is 13.1 Å². The summed E-state index contributed by atoms with van der Waals surface area (Å²) in [6, 6.07) is 4.13. The number of aryl methyl sites for hydroxylation is 1. The molecule has 0 atom stereocenters. The zero-order chi connectivity index (χ0) is 13.5. The van der Waals surface area contributed by atoms with E-state index < -0.39 is 0 Å². The summed E-state index contributed by atoms with van der Waals surface area (Å²) in [6.07, 6.45) is 7.83. The smallest absolute Gasteiger partial charge is 0.129 e. The van der Waals surface area contributed by atoms with Crippen molar-refractivity contribution >= 4 is 10.9 Å². The molecule has 2 aromatic rings. The number of nitrogens with two attached hydrogens (primary N) is 1. The van der Waals surface area contributed by atoms with Crippen LogP contribution in [0.2, 0.25) is 0 Å². The van der Waals surface area contributed by atoms with Gasteiger partial charge in [-0.25, -0.2) is 0 Å². The Morgan fingerprint density at radius 1 is 1.26 bits per heavy atom. The zero-order valence-electron chi connectivity index (χ0n) is 11.5. The molecule has 0 saturated heterocycles. The Labute approximate surface area is 113 Å². The fourth-order valence-electron chi connectivity index (χ4n) is 3.61. The molecule has 0 bridgehead atoms. The predicted molar refractivity (Wildman–Crippen MR) is 78.5 cm³/mol. The molecule has 102 valence electrons. The molecule has 0 aliphatic heterocycles. The molecular formula is C16H22N2O. The summed E-state index contributed by atoms with van der Waals surface area (Å²) in [5.41, 5.74) is 9.19. The van der Waals surface area contributed by atoms with Crippen molar-refractivity contribution in [2.75, 3.05) is 6.54 Å². The number of nitrogens with one attached hydrogen (secondary N) is 1. The van der Waals surface area contributed by atoms with Gasteiger partial charge < -0.3 is 15.8 Å². The molecular weight excluding hydrogens is 236 g/mol. The van der Waals surface area contributed by atoms with Crippen molar-refractivity contribution in [2.24, 2.45) is 5.73 Å². The lowest BCUT2D eigenvalue weighted by molar-refractivity contribution is 0.291. The predicted octanol–water partition coefficient (Wildman–Crippen LogP) is 3.34. The molecule has 0 radical (unpaired) electrons. The molecule has 3 heteroatoms. The third-order valence-corrected chi connectivity index (χ3v) is 4.79. The lowest BCUT2D eigenvalue weighted by atomic mass is 9.69. The lowest BCUT2D eigenvalue weighted by Crippen LogP contribution is -2.37.